The molecule has 0 amide bonds. The van der Waals surface area contributed by atoms with Crippen LogP contribution in [-0.2, 0) is 4.74 Å². The van der Waals surface area contributed by atoms with Gasteiger partial charge >= 0.3 is 0 Å². The molecule has 112 valence electrons. The predicted octanol–water partition coefficient (Wildman–Crippen LogP) is 2.36. The zero-order chi connectivity index (χ0) is 13.8. The molecule has 2 fully saturated rings. The number of hydrogen-bond donors (Lipinski definition) is 2. The van der Waals surface area contributed by atoms with E-state index in [1.807, 2.05) is 0 Å². The highest BCUT2D eigenvalue weighted by molar-refractivity contribution is 5.80. The van der Waals surface area contributed by atoms with Gasteiger partial charge in [0.05, 0.1) is 18.2 Å². The number of rotatable bonds is 5. The Balaban J connectivity index is 1.49. The van der Waals surface area contributed by atoms with Crippen LogP contribution in [0.2, 0.25) is 0 Å². The second kappa shape index (κ2) is 6.61. The molecular weight excluding hydrogens is 250 g/mol. The summed E-state index contributed by atoms with van der Waals surface area (Å²) in [6.45, 7) is 3.92. The Bertz CT molecular complexity index is 391. The summed E-state index contributed by atoms with van der Waals surface area (Å²) in [4.78, 5) is 4.72. The van der Waals surface area contributed by atoms with E-state index in [4.69, 9.17) is 9.73 Å². The minimum atomic E-state index is 0.404. The van der Waals surface area contributed by atoms with Gasteiger partial charge in [0.25, 0.3) is 0 Å². The SMILES string of the molecule is CCNC(=NCCC1=CCCC1)NC1CC2CCC1O2. The Morgan fingerprint density at radius 2 is 2.40 bits per heavy atom. The molecule has 2 saturated heterocycles. The van der Waals surface area contributed by atoms with Crippen molar-refractivity contribution in [2.75, 3.05) is 13.1 Å². The number of hydrogen-bond acceptors (Lipinski definition) is 2. The molecule has 0 aromatic rings. The average molecular weight is 277 g/mol. The Labute approximate surface area is 122 Å². The summed E-state index contributed by atoms with van der Waals surface area (Å²) < 4.78 is 5.90. The van der Waals surface area contributed by atoms with E-state index in [2.05, 4.69) is 23.6 Å². The molecule has 3 atom stereocenters. The number of nitrogens with zero attached hydrogens (tertiary/aromatic N) is 1. The van der Waals surface area contributed by atoms with Crippen LogP contribution in [-0.4, -0.2) is 37.3 Å². The third kappa shape index (κ3) is 3.35. The highest BCUT2D eigenvalue weighted by atomic mass is 16.5. The van der Waals surface area contributed by atoms with Gasteiger partial charge in [0, 0.05) is 13.1 Å². The maximum Gasteiger partial charge on any atom is 0.191 e. The van der Waals surface area contributed by atoms with Crippen LogP contribution in [0, 0.1) is 0 Å². The van der Waals surface area contributed by atoms with Crippen LogP contribution in [0.4, 0.5) is 0 Å². The first-order valence-corrected chi connectivity index (χ1v) is 8.23. The minimum absolute atomic E-state index is 0.404. The van der Waals surface area contributed by atoms with E-state index in [0.29, 0.717) is 18.2 Å². The molecule has 2 aliphatic heterocycles. The summed E-state index contributed by atoms with van der Waals surface area (Å²) >= 11 is 0. The molecule has 2 heterocycles. The van der Waals surface area contributed by atoms with Crippen LogP contribution in [0.15, 0.2) is 16.6 Å². The molecule has 0 radical (unpaired) electrons. The maximum atomic E-state index is 5.90. The van der Waals surface area contributed by atoms with E-state index >= 15 is 0 Å². The fraction of sp³-hybridized carbons (Fsp3) is 0.812. The molecular formula is C16H27N3O. The summed E-state index contributed by atoms with van der Waals surface area (Å²) in [6.07, 6.45) is 11.9. The quantitative estimate of drug-likeness (QED) is 0.461. The van der Waals surface area contributed by atoms with Crippen molar-refractivity contribution in [3.8, 4) is 0 Å². The third-order valence-corrected chi connectivity index (χ3v) is 4.61. The van der Waals surface area contributed by atoms with E-state index in [1.165, 1.54) is 32.1 Å². The van der Waals surface area contributed by atoms with Gasteiger partial charge in [-0.1, -0.05) is 11.6 Å². The number of allylic oxidation sites excluding steroid dienone is 1. The van der Waals surface area contributed by atoms with E-state index in [1.54, 1.807) is 5.57 Å². The topological polar surface area (TPSA) is 45.7 Å². The van der Waals surface area contributed by atoms with Crippen molar-refractivity contribution in [2.45, 2.75) is 70.1 Å². The van der Waals surface area contributed by atoms with E-state index in [0.717, 1.165) is 31.9 Å². The lowest BCUT2D eigenvalue weighted by molar-refractivity contribution is 0.0992. The van der Waals surface area contributed by atoms with Crippen molar-refractivity contribution < 1.29 is 4.74 Å². The molecule has 4 nitrogen and oxygen atoms in total. The molecule has 20 heavy (non-hydrogen) atoms. The molecule has 2 N–H and O–H groups in total. The molecule has 0 spiro atoms. The first kappa shape index (κ1) is 13.9. The number of aliphatic imine (C=N–C) groups is 1. The lowest BCUT2D eigenvalue weighted by atomic mass is 9.96. The molecule has 0 aromatic heterocycles. The Kier molecular flexibility index (Phi) is 4.61. The van der Waals surface area contributed by atoms with Crippen LogP contribution < -0.4 is 10.6 Å². The first-order valence-electron chi connectivity index (χ1n) is 8.23. The summed E-state index contributed by atoms with van der Waals surface area (Å²) in [5.41, 5.74) is 1.59. The van der Waals surface area contributed by atoms with Gasteiger partial charge in [-0.25, -0.2) is 0 Å². The monoisotopic (exact) mass is 277 g/mol. The zero-order valence-corrected chi connectivity index (χ0v) is 12.5. The minimum Gasteiger partial charge on any atom is -0.373 e. The predicted molar refractivity (Wildman–Crippen MR) is 82.0 cm³/mol. The summed E-state index contributed by atoms with van der Waals surface area (Å²) in [7, 11) is 0. The highest BCUT2D eigenvalue weighted by Crippen LogP contribution is 2.34. The van der Waals surface area contributed by atoms with E-state index in [9.17, 15) is 0 Å². The fourth-order valence-corrected chi connectivity index (χ4v) is 3.56. The van der Waals surface area contributed by atoms with Crippen molar-refractivity contribution >= 4 is 5.96 Å². The van der Waals surface area contributed by atoms with Gasteiger partial charge in [-0.2, -0.15) is 0 Å². The second-order valence-corrected chi connectivity index (χ2v) is 6.13. The number of guanidine groups is 1. The van der Waals surface area contributed by atoms with Gasteiger partial charge in [-0.05, 0) is 51.9 Å². The van der Waals surface area contributed by atoms with Crippen molar-refractivity contribution in [1.82, 2.24) is 10.6 Å². The molecule has 4 heteroatoms. The standard InChI is InChI=1S/C16H27N3O/c1-2-17-16(18-10-9-12-5-3-4-6-12)19-14-11-13-7-8-15(14)20-13/h5,13-15H,2-4,6-11H2,1H3,(H2,17,18,19). The van der Waals surface area contributed by atoms with Crippen LogP contribution in [0.25, 0.3) is 0 Å². The zero-order valence-electron chi connectivity index (χ0n) is 12.5. The highest BCUT2D eigenvalue weighted by Gasteiger charge is 2.41. The normalized spacial score (nSPS) is 32.5. The molecule has 0 saturated carbocycles. The number of ether oxygens (including phenoxy) is 1. The lowest BCUT2D eigenvalue weighted by Gasteiger charge is -2.22. The smallest absolute Gasteiger partial charge is 0.191 e. The molecule has 1 aliphatic carbocycles. The Hall–Kier alpha value is -1.03. The maximum absolute atomic E-state index is 5.90. The summed E-state index contributed by atoms with van der Waals surface area (Å²) in [5.74, 6) is 0.965. The van der Waals surface area contributed by atoms with Crippen molar-refractivity contribution in [1.29, 1.82) is 0 Å². The van der Waals surface area contributed by atoms with E-state index in [-0.39, 0.29) is 0 Å². The largest absolute Gasteiger partial charge is 0.373 e. The van der Waals surface area contributed by atoms with Crippen LogP contribution >= 0.6 is 0 Å². The van der Waals surface area contributed by atoms with Crippen LogP contribution in [0.3, 0.4) is 0 Å². The van der Waals surface area contributed by atoms with Crippen LogP contribution in [0.5, 0.6) is 0 Å². The molecule has 3 rings (SSSR count). The van der Waals surface area contributed by atoms with Crippen molar-refractivity contribution in [2.24, 2.45) is 4.99 Å². The van der Waals surface area contributed by atoms with Gasteiger partial charge in [-0.3, -0.25) is 4.99 Å². The first-order chi connectivity index (χ1) is 9.85. The Morgan fingerprint density at radius 1 is 1.45 bits per heavy atom. The van der Waals surface area contributed by atoms with Crippen molar-refractivity contribution in [3.63, 3.8) is 0 Å². The Morgan fingerprint density at radius 3 is 3.05 bits per heavy atom. The number of fused-ring (bicyclic) bond motifs is 2. The average Bonchev–Trinajstić information content (AvgIpc) is 3.16. The van der Waals surface area contributed by atoms with Gasteiger partial charge in [0.2, 0.25) is 0 Å². The van der Waals surface area contributed by atoms with Gasteiger partial charge < -0.3 is 15.4 Å². The van der Waals surface area contributed by atoms with Crippen LogP contribution in [0.1, 0.15) is 51.9 Å². The fourth-order valence-electron chi connectivity index (χ4n) is 3.56. The third-order valence-electron chi connectivity index (χ3n) is 4.61. The number of nitrogens with one attached hydrogen (secondary N) is 2. The van der Waals surface area contributed by atoms with Gasteiger partial charge in [-0.15, -0.1) is 0 Å². The molecule has 3 unspecified atom stereocenters. The van der Waals surface area contributed by atoms with E-state index < -0.39 is 0 Å². The van der Waals surface area contributed by atoms with Gasteiger partial charge in [0.15, 0.2) is 5.96 Å². The summed E-state index contributed by atoms with van der Waals surface area (Å²) in [6, 6.07) is 0.456. The molecule has 2 bridgehead atoms. The van der Waals surface area contributed by atoms with Crippen molar-refractivity contribution in [3.05, 3.63) is 11.6 Å². The molecule has 0 aromatic carbocycles. The van der Waals surface area contributed by atoms with Gasteiger partial charge in [0.1, 0.15) is 0 Å². The lowest BCUT2D eigenvalue weighted by Crippen LogP contribution is -2.47. The molecule has 3 aliphatic rings. The second-order valence-electron chi connectivity index (χ2n) is 6.13. The summed E-state index contributed by atoms with van der Waals surface area (Å²) in [5, 5.41) is 6.93.